The fourth-order valence-electron chi connectivity index (χ4n) is 1.92. The van der Waals surface area contributed by atoms with E-state index in [0.717, 1.165) is 0 Å². The fraction of sp³-hybridized carbons (Fsp3) is 0.300. The summed E-state index contributed by atoms with van der Waals surface area (Å²) in [5.74, 6) is -1.24. The van der Waals surface area contributed by atoms with Crippen LogP contribution in [0.4, 0.5) is 0 Å². The zero-order chi connectivity index (χ0) is 11.9. The zero-order valence-corrected chi connectivity index (χ0v) is 9.07. The quantitative estimate of drug-likeness (QED) is 0.790. The molecular formula is C10H10O5S. The topological polar surface area (TPSA) is 91.7 Å². The average molecular weight is 242 g/mol. The number of hydrogen-bond donors (Lipinski definition) is 2. The molecule has 0 saturated heterocycles. The van der Waals surface area contributed by atoms with E-state index < -0.39 is 27.5 Å². The van der Waals surface area contributed by atoms with Crippen LogP contribution in [0, 0.1) is 0 Å². The van der Waals surface area contributed by atoms with E-state index in [1.54, 1.807) is 0 Å². The van der Waals surface area contributed by atoms with Gasteiger partial charge in [0.05, 0.1) is 16.6 Å². The van der Waals surface area contributed by atoms with Gasteiger partial charge in [0.2, 0.25) is 0 Å². The van der Waals surface area contributed by atoms with Gasteiger partial charge >= 0.3 is 5.97 Å². The van der Waals surface area contributed by atoms with Crippen molar-refractivity contribution in [1.29, 1.82) is 0 Å². The summed E-state index contributed by atoms with van der Waals surface area (Å²) in [6, 6.07) is 4.23. The second-order valence-electron chi connectivity index (χ2n) is 3.72. The van der Waals surface area contributed by atoms with Gasteiger partial charge in [-0.1, -0.05) is 6.07 Å². The summed E-state index contributed by atoms with van der Waals surface area (Å²) in [5, 5.41) is 17.2. The molecule has 0 bridgehead atoms. The molecule has 0 fully saturated rings. The maximum Gasteiger partial charge on any atom is 0.304 e. The number of aromatic hydroxyl groups is 1. The smallest absolute Gasteiger partial charge is 0.304 e. The van der Waals surface area contributed by atoms with Crippen molar-refractivity contribution in [3.05, 3.63) is 23.8 Å². The summed E-state index contributed by atoms with van der Waals surface area (Å²) in [7, 11) is -3.60. The first-order chi connectivity index (χ1) is 7.43. The Labute approximate surface area is 92.3 Å². The monoisotopic (exact) mass is 242 g/mol. The molecule has 0 aliphatic carbocycles. The predicted octanol–water partition coefficient (Wildman–Crippen LogP) is 0.565. The second kappa shape index (κ2) is 3.48. The largest absolute Gasteiger partial charge is 0.508 e. The van der Waals surface area contributed by atoms with Crippen LogP contribution in [0.15, 0.2) is 23.1 Å². The summed E-state index contributed by atoms with van der Waals surface area (Å²) < 4.78 is 23.8. The van der Waals surface area contributed by atoms with Crippen LogP contribution in [0.2, 0.25) is 0 Å². The number of carbonyl (C=O) groups is 1. The van der Waals surface area contributed by atoms with Gasteiger partial charge in [-0.25, -0.2) is 8.42 Å². The van der Waals surface area contributed by atoms with Gasteiger partial charge in [0, 0.05) is 5.56 Å². The fourth-order valence-corrected chi connectivity index (χ4v) is 3.83. The number of benzene rings is 1. The minimum Gasteiger partial charge on any atom is -0.508 e. The van der Waals surface area contributed by atoms with Crippen molar-refractivity contribution in [2.45, 2.75) is 23.0 Å². The van der Waals surface area contributed by atoms with E-state index in [0.29, 0.717) is 5.56 Å². The Balaban J connectivity index is 2.50. The minimum atomic E-state index is -3.60. The van der Waals surface area contributed by atoms with Crippen LogP contribution in [-0.2, 0) is 21.1 Å². The van der Waals surface area contributed by atoms with Crippen molar-refractivity contribution in [3.8, 4) is 5.75 Å². The Kier molecular flexibility index (Phi) is 2.38. The highest BCUT2D eigenvalue weighted by molar-refractivity contribution is 7.92. The molecule has 1 unspecified atom stereocenters. The number of phenols is 1. The third-order valence-electron chi connectivity index (χ3n) is 2.69. The molecule has 1 heterocycles. The molecule has 86 valence electrons. The molecule has 0 radical (unpaired) electrons. The number of rotatable bonds is 2. The van der Waals surface area contributed by atoms with Crippen molar-refractivity contribution in [1.82, 2.24) is 0 Å². The van der Waals surface area contributed by atoms with Gasteiger partial charge in [-0.2, -0.15) is 0 Å². The van der Waals surface area contributed by atoms with E-state index in [4.69, 9.17) is 5.11 Å². The highest BCUT2D eigenvalue weighted by Crippen LogP contribution is 2.37. The number of carboxylic acid groups (broad SMARTS) is 1. The van der Waals surface area contributed by atoms with E-state index in [-0.39, 0.29) is 17.1 Å². The molecule has 1 aromatic rings. The lowest BCUT2D eigenvalue weighted by Crippen LogP contribution is -2.20. The predicted molar refractivity (Wildman–Crippen MR) is 55.0 cm³/mol. The van der Waals surface area contributed by atoms with E-state index in [2.05, 4.69) is 0 Å². The molecule has 0 amide bonds. The molecule has 6 heteroatoms. The lowest BCUT2D eigenvalue weighted by atomic mass is 10.1. The summed E-state index contributed by atoms with van der Waals surface area (Å²) >= 11 is 0. The Morgan fingerprint density at radius 3 is 2.69 bits per heavy atom. The highest BCUT2D eigenvalue weighted by Gasteiger charge is 2.39. The van der Waals surface area contributed by atoms with E-state index in [1.165, 1.54) is 18.2 Å². The maximum atomic E-state index is 11.9. The van der Waals surface area contributed by atoms with Crippen LogP contribution in [0.5, 0.6) is 5.75 Å². The number of sulfone groups is 1. The van der Waals surface area contributed by atoms with Crippen LogP contribution < -0.4 is 0 Å². The number of phenolic OH excluding ortho intramolecular Hbond substituents is 1. The van der Waals surface area contributed by atoms with Gasteiger partial charge in [0.1, 0.15) is 5.75 Å². The molecule has 5 nitrogen and oxygen atoms in total. The summed E-state index contributed by atoms with van der Waals surface area (Å²) in [5.41, 5.74) is 0.328. The molecule has 2 rings (SSSR count). The Morgan fingerprint density at radius 1 is 1.44 bits per heavy atom. The average Bonchev–Trinajstić information content (AvgIpc) is 2.41. The Morgan fingerprint density at radius 2 is 2.12 bits per heavy atom. The first-order valence-corrected chi connectivity index (χ1v) is 6.24. The molecule has 2 N–H and O–H groups in total. The minimum absolute atomic E-state index is 0.0544. The summed E-state index contributed by atoms with van der Waals surface area (Å²) in [6.45, 7) is 0. The molecule has 1 atom stereocenters. The van der Waals surface area contributed by atoms with Gasteiger partial charge in [0.25, 0.3) is 0 Å². The summed E-state index contributed by atoms with van der Waals surface area (Å²) in [6.07, 6.45) is -0.368. The van der Waals surface area contributed by atoms with Crippen molar-refractivity contribution in [3.63, 3.8) is 0 Å². The third kappa shape index (κ3) is 1.55. The van der Waals surface area contributed by atoms with Crippen LogP contribution in [-0.4, -0.2) is 29.9 Å². The standard InChI is InChI=1S/C10H10O5S/c11-8-2-1-3-9-7(8)4-6(5-10(12)13)16(9,14)15/h1-3,6,11H,4-5H2,(H,12,13). The third-order valence-corrected chi connectivity index (χ3v) is 4.89. The van der Waals surface area contributed by atoms with Gasteiger partial charge in [0.15, 0.2) is 9.84 Å². The summed E-state index contributed by atoms with van der Waals surface area (Å²) in [4.78, 5) is 10.6. The van der Waals surface area contributed by atoms with E-state index in [1.807, 2.05) is 0 Å². The maximum absolute atomic E-state index is 11.9. The molecule has 1 aliphatic heterocycles. The van der Waals surface area contributed by atoms with E-state index in [9.17, 15) is 18.3 Å². The van der Waals surface area contributed by atoms with Gasteiger partial charge < -0.3 is 10.2 Å². The molecule has 0 spiro atoms. The number of carboxylic acids is 1. The molecule has 0 aromatic heterocycles. The first kappa shape index (κ1) is 10.9. The normalized spacial score (nSPS) is 21.6. The van der Waals surface area contributed by atoms with Crippen molar-refractivity contribution in [2.24, 2.45) is 0 Å². The molecule has 1 aromatic carbocycles. The van der Waals surface area contributed by atoms with Crippen molar-refractivity contribution >= 4 is 15.8 Å². The Hall–Kier alpha value is -1.56. The van der Waals surface area contributed by atoms with Gasteiger partial charge in [-0.3, -0.25) is 4.79 Å². The van der Waals surface area contributed by atoms with Gasteiger partial charge in [-0.15, -0.1) is 0 Å². The SMILES string of the molecule is O=C(O)CC1Cc2c(O)cccc2S1(=O)=O. The highest BCUT2D eigenvalue weighted by atomic mass is 32.2. The molecule has 0 saturated carbocycles. The van der Waals surface area contributed by atoms with Crippen LogP contribution in [0.25, 0.3) is 0 Å². The number of fused-ring (bicyclic) bond motifs is 1. The van der Waals surface area contributed by atoms with E-state index >= 15 is 0 Å². The van der Waals surface area contributed by atoms with Crippen LogP contribution in [0.1, 0.15) is 12.0 Å². The molecule has 16 heavy (non-hydrogen) atoms. The Bertz CT molecular complexity index is 546. The van der Waals surface area contributed by atoms with Crippen molar-refractivity contribution in [2.75, 3.05) is 0 Å². The zero-order valence-electron chi connectivity index (χ0n) is 8.25. The lowest BCUT2D eigenvalue weighted by molar-refractivity contribution is -0.137. The molecular weight excluding hydrogens is 232 g/mol. The van der Waals surface area contributed by atoms with Crippen LogP contribution >= 0.6 is 0 Å². The molecule has 1 aliphatic rings. The first-order valence-electron chi connectivity index (χ1n) is 4.69. The second-order valence-corrected chi connectivity index (χ2v) is 5.92. The number of hydrogen-bond acceptors (Lipinski definition) is 4. The van der Waals surface area contributed by atoms with Crippen LogP contribution in [0.3, 0.4) is 0 Å². The number of aliphatic carboxylic acids is 1. The van der Waals surface area contributed by atoms with Crippen molar-refractivity contribution < 1.29 is 23.4 Å². The van der Waals surface area contributed by atoms with Gasteiger partial charge in [-0.05, 0) is 18.6 Å². The lowest BCUT2D eigenvalue weighted by Gasteiger charge is -2.04.